The standard InChI is InChI=1S/C16H10Cl6IN3OS/c17-8-5-10(18)12(11(19)6-8)24-15(28)26-14(16(20,21)22)25-13(27)7-2-1-3-9(23)4-7/h1-6,14H,(H,25,27)(H2,24,26,28)/t14-/m0/s1. The topological polar surface area (TPSA) is 53.2 Å². The Hall–Kier alpha value is 0.0700. The van der Waals surface area contributed by atoms with Gasteiger partial charge in [0.1, 0.15) is 6.17 Å². The van der Waals surface area contributed by atoms with Gasteiger partial charge in [0.25, 0.3) is 5.91 Å². The summed E-state index contributed by atoms with van der Waals surface area (Å²) in [5.41, 5.74) is 0.716. The van der Waals surface area contributed by atoms with Gasteiger partial charge in [-0.2, -0.15) is 0 Å². The Morgan fingerprint density at radius 1 is 1.04 bits per heavy atom. The molecule has 0 aromatic heterocycles. The molecular formula is C16H10Cl6IN3OS. The number of nitrogens with one attached hydrogen (secondary N) is 3. The van der Waals surface area contributed by atoms with Crippen LogP contribution in [-0.2, 0) is 0 Å². The first-order valence-electron chi connectivity index (χ1n) is 7.32. The van der Waals surface area contributed by atoms with E-state index in [0.717, 1.165) is 3.57 Å². The zero-order chi connectivity index (χ0) is 21.1. The van der Waals surface area contributed by atoms with Crippen molar-refractivity contribution < 1.29 is 4.79 Å². The molecule has 0 unspecified atom stereocenters. The molecule has 0 bridgehead atoms. The van der Waals surface area contributed by atoms with Gasteiger partial charge in [-0.15, -0.1) is 0 Å². The maximum atomic E-state index is 12.5. The Morgan fingerprint density at radius 2 is 1.64 bits per heavy atom. The van der Waals surface area contributed by atoms with Crippen LogP contribution in [0.15, 0.2) is 36.4 Å². The molecule has 150 valence electrons. The van der Waals surface area contributed by atoms with E-state index < -0.39 is 15.9 Å². The van der Waals surface area contributed by atoms with Crippen LogP contribution in [0.1, 0.15) is 10.4 Å². The van der Waals surface area contributed by atoms with E-state index in [1.807, 2.05) is 6.07 Å². The number of hydrogen-bond acceptors (Lipinski definition) is 2. The molecule has 0 heterocycles. The molecule has 0 saturated carbocycles. The van der Waals surface area contributed by atoms with Gasteiger partial charge in [-0.3, -0.25) is 4.79 Å². The van der Waals surface area contributed by atoms with Crippen molar-refractivity contribution in [2.75, 3.05) is 5.32 Å². The van der Waals surface area contributed by atoms with Crippen molar-refractivity contribution in [2.45, 2.75) is 9.96 Å². The van der Waals surface area contributed by atoms with E-state index in [2.05, 4.69) is 38.5 Å². The van der Waals surface area contributed by atoms with Crippen LogP contribution in [0.4, 0.5) is 5.69 Å². The molecule has 2 aromatic rings. The molecule has 0 spiro atoms. The van der Waals surface area contributed by atoms with Gasteiger partial charge in [-0.1, -0.05) is 75.7 Å². The summed E-state index contributed by atoms with van der Waals surface area (Å²) in [5, 5.41) is 9.00. The Balaban J connectivity index is 2.14. The lowest BCUT2D eigenvalue weighted by atomic mass is 10.2. The number of alkyl halides is 3. The quantitative estimate of drug-likeness (QED) is 0.153. The Morgan fingerprint density at radius 3 is 2.18 bits per heavy atom. The van der Waals surface area contributed by atoms with Crippen LogP contribution in [0.25, 0.3) is 0 Å². The number of anilines is 1. The molecular weight excluding hydrogens is 622 g/mol. The van der Waals surface area contributed by atoms with Gasteiger partial charge in [-0.25, -0.2) is 0 Å². The first kappa shape index (κ1) is 24.3. The molecule has 28 heavy (non-hydrogen) atoms. The van der Waals surface area contributed by atoms with E-state index in [0.29, 0.717) is 16.3 Å². The van der Waals surface area contributed by atoms with Gasteiger partial charge in [0.15, 0.2) is 5.11 Å². The van der Waals surface area contributed by atoms with E-state index in [1.54, 1.807) is 18.2 Å². The summed E-state index contributed by atoms with van der Waals surface area (Å²) in [4.78, 5) is 12.5. The third-order valence-electron chi connectivity index (χ3n) is 3.21. The van der Waals surface area contributed by atoms with Crippen molar-refractivity contribution in [2.24, 2.45) is 0 Å². The van der Waals surface area contributed by atoms with Crippen LogP contribution in [-0.4, -0.2) is 21.0 Å². The predicted octanol–water partition coefficient (Wildman–Crippen LogP) is 6.66. The predicted molar refractivity (Wildman–Crippen MR) is 132 cm³/mol. The highest BCUT2D eigenvalue weighted by Gasteiger charge is 2.35. The van der Waals surface area contributed by atoms with Crippen molar-refractivity contribution in [3.63, 3.8) is 0 Å². The van der Waals surface area contributed by atoms with Gasteiger partial charge in [-0.05, 0) is 65.1 Å². The Bertz CT molecular complexity index is 885. The van der Waals surface area contributed by atoms with E-state index in [9.17, 15) is 4.79 Å². The van der Waals surface area contributed by atoms with Crippen LogP contribution in [0, 0.1) is 3.57 Å². The summed E-state index contributed by atoms with van der Waals surface area (Å²) in [6, 6.07) is 9.90. The number of carbonyl (C=O) groups is 1. The second kappa shape index (κ2) is 10.4. The van der Waals surface area contributed by atoms with Crippen LogP contribution in [0.2, 0.25) is 15.1 Å². The highest BCUT2D eigenvalue weighted by Crippen LogP contribution is 2.34. The minimum Gasteiger partial charge on any atom is -0.339 e. The van der Waals surface area contributed by atoms with Crippen molar-refractivity contribution in [3.8, 4) is 0 Å². The number of amides is 1. The molecule has 1 atom stereocenters. The first-order valence-corrected chi connectivity index (χ1v) is 11.1. The maximum Gasteiger partial charge on any atom is 0.253 e. The van der Waals surface area contributed by atoms with Gasteiger partial charge < -0.3 is 16.0 Å². The average Bonchev–Trinajstić information content (AvgIpc) is 2.56. The second-order valence-electron chi connectivity index (χ2n) is 5.30. The number of carbonyl (C=O) groups excluding carboxylic acids is 1. The summed E-state index contributed by atoms with van der Waals surface area (Å²) in [7, 11) is 0. The second-order valence-corrected chi connectivity index (χ2v) is 10.6. The zero-order valence-corrected chi connectivity index (χ0v) is 21.0. The monoisotopic (exact) mass is 629 g/mol. The molecule has 12 heteroatoms. The lowest BCUT2D eigenvalue weighted by molar-refractivity contribution is 0.0934. The first-order chi connectivity index (χ1) is 13.0. The summed E-state index contributed by atoms with van der Waals surface area (Å²) in [6.45, 7) is 0. The zero-order valence-electron chi connectivity index (χ0n) is 13.5. The Kier molecular flexibility index (Phi) is 9.04. The van der Waals surface area contributed by atoms with Crippen LogP contribution in [0.5, 0.6) is 0 Å². The lowest BCUT2D eigenvalue weighted by Crippen LogP contribution is -2.56. The highest BCUT2D eigenvalue weighted by atomic mass is 127. The fourth-order valence-corrected chi connectivity index (χ4v) is 3.99. The third kappa shape index (κ3) is 7.09. The summed E-state index contributed by atoms with van der Waals surface area (Å²) < 4.78 is -1.02. The van der Waals surface area contributed by atoms with Crippen molar-refractivity contribution in [3.05, 3.63) is 60.6 Å². The molecule has 0 aliphatic carbocycles. The summed E-state index contributed by atoms with van der Waals surface area (Å²) >= 11 is 43.4. The minimum absolute atomic E-state index is 0.0189. The molecule has 0 saturated heterocycles. The SMILES string of the molecule is O=C(N[C@@H](NC(=S)Nc1c(Cl)cc(Cl)cc1Cl)C(Cl)(Cl)Cl)c1cccc(I)c1. The van der Waals surface area contributed by atoms with Gasteiger partial charge in [0.2, 0.25) is 3.79 Å². The average molecular weight is 632 g/mol. The molecule has 2 rings (SSSR count). The van der Waals surface area contributed by atoms with Gasteiger partial charge in [0, 0.05) is 14.2 Å². The van der Waals surface area contributed by atoms with Crippen LogP contribution in [0.3, 0.4) is 0 Å². The lowest BCUT2D eigenvalue weighted by Gasteiger charge is -2.28. The number of thiocarbonyl (C=S) groups is 1. The number of rotatable bonds is 4. The molecule has 0 aliphatic heterocycles. The molecule has 0 aliphatic rings. The van der Waals surface area contributed by atoms with E-state index >= 15 is 0 Å². The molecule has 3 N–H and O–H groups in total. The number of benzene rings is 2. The van der Waals surface area contributed by atoms with Crippen molar-refractivity contribution in [1.82, 2.24) is 10.6 Å². The van der Waals surface area contributed by atoms with Crippen molar-refractivity contribution in [1.29, 1.82) is 0 Å². The smallest absolute Gasteiger partial charge is 0.253 e. The molecule has 0 fully saturated rings. The maximum absolute atomic E-state index is 12.5. The molecule has 0 radical (unpaired) electrons. The summed E-state index contributed by atoms with van der Waals surface area (Å²) in [5.74, 6) is -0.451. The van der Waals surface area contributed by atoms with E-state index in [1.165, 1.54) is 12.1 Å². The van der Waals surface area contributed by atoms with Crippen LogP contribution >= 0.6 is 104 Å². The number of hydrogen-bond donors (Lipinski definition) is 3. The Labute approximate surface area is 210 Å². The van der Waals surface area contributed by atoms with Crippen molar-refractivity contribution >= 4 is 121 Å². The largest absolute Gasteiger partial charge is 0.339 e. The fraction of sp³-hybridized carbons (Fsp3) is 0.125. The fourth-order valence-electron chi connectivity index (χ4n) is 1.99. The third-order valence-corrected chi connectivity index (χ3v) is 5.57. The van der Waals surface area contributed by atoms with E-state index in [-0.39, 0.29) is 15.2 Å². The summed E-state index contributed by atoms with van der Waals surface area (Å²) in [6.07, 6.45) is -1.15. The molecule has 1 amide bonds. The minimum atomic E-state index is -1.91. The molecule has 2 aromatic carbocycles. The molecule has 4 nitrogen and oxygen atoms in total. The van der Waals surface area contributed by atoms with E-state index in [4.69, 9.17) is 81.8 Å². The van der Waals surface area contributed by atoms with Gasteiger partial charge >= 0.3 is 0 Å². The van der Waals surface area contributed by atoms with Gasteiger partial charge in [0.05, 0.1) is 15.7 Å². The number of halogens is 7. The van der Waals surface area contributed by atoms with Crippen LogP contribution < -0.4 is 16.0 Å². The highest BCUT2D eigenvalue weighted by molar-refractivity contribution is 14.1. The normalized spacial score (nSPS) is 12.2.